The summed E-state index contributed by atoms with van der Waals surface area (Å²) in [5, 5.41) is 10.7. The molecule has 2 aliphatic heterocycles. The molecule has 0 unspecified atom stereocenters. The lowest BCUT2D eigenvalue weighted by Crippen LogP contribution is -2.64. The van der Waals surface area contributed by atoms with Gasteiger partial charge in [0.05, 0.1) is 30.2 Å². The van der Waals surface area contributed by atoms with Crippen LogP contribution in [0, 0.1) is 23.7 Å². The average Bonchev–Trinajstić information content (AvgIpc) is 2.26. The lowest BCUT2D eigenvalue weighted by Gasteiger charge is -2.39. The van der Waals surface area contributed by atoms with Gasteiger partial charge >= 0.3 is 6.18 Å². The number of alkyl halides is 3. The highest BCUT2D eigenvalue weighted by molar-refractivity contribution is 6.31. The Morgan fingerprint density at radius 2 is 1.28 bits per heavy atom. The first-order valence-corrected chi connectivity index (χ1v) is 31.8. The fourth-order valence-electron chi connectivity index (χ4n) is 12.1. The molecule has 11 amide bonds. The number of nitrogens with one attached hydrogen (secondary N) is 4. The van der Waals surface area contributed by atoms with Gasteiger partial charge in [0.15, 0.2) is 0 Å². The number of hydrogen-bond donors (Lipinski definition) is 4. The molecule has 500 valence electrons. The average molecular weight is 1280 g/mol. The Morgan fingerprint density at radius 1 is 0.674 bits per heavy atom. The molecule has 1 aromatic rings. The zero-order valence-electron chi connectivity index (χ0n) is 54.9. The molecule has 89 heavy (non-hydrogen) atoms. The van der Waals surface area contributed by atoms with Gasteiger partial charge in [-0.1, -0.05) is 105 Å². The predicted molar refractivity (Wildman–Crippen MR) is 330 cm³/mol. The van der Waals surface area contributed by atoms with Crippen molar-refractivity contribution in [1.82, 2.24) is 55.6 Å². The van der Waals surface area contributed by atoms with Gasteiger partial charge in [-0.2, -0.15) is 13.2 Å². The molecule has 0 aromatic heterocycles. The Bertz CT molecular complexity index is 2710. The molecule has 26 heteroatoms. The van der Waals surface area contributed by atoms with Crippen LogP contribution in [0.2, 0.25) is 5.02 Å². The van der Waals surface area contributed by atoms with Crippen LogP contribution in [-0.2, 0) is 65.3 Å². The SMILES string of the molecule is CC[C@H](C)[C@@H]1NC(=O)[C@H](CC(C)C)N(C)C(=O)C[C@@H](C)NC(=O)[C@H](C(C)C)N(C)C(=O)[C@@](C)(CC)NC(=O)[C@@H]2CCCN2C(=O)[C@H](CCc2ccc(C(F)(F)F)c(Cl)c2)NC(=O)CN(C)C(=O)[C@H](CC2CCCCC2)N(C)C(=O)CN(C)C(=O)CN(C)C1=O. The summed E-state index contributed by atoms with van der Waals surface area (Å²) < 4.78 is 41.2. The first-order chi connectivity index (χ1) is 41.5. The number of amides is 11. The second-order valence-electron chi connectivity index (χ2n) is 26.0. The van der Waals surface area contributed by atoms with Crippen molar-refractivity contribution in [3.8, 4) is 0 Å². The maximum Gasteiger partial charge on any atom is 0.417 e. The number of carbonyl (C=O) groups excluding carboxylic acids is 11. The van der Waals surface area contributed by atoms with Gasteiger partial charge < -0.3 is 55.6 Å². The van der Waals surface area contributed by atoms with Crippen LogP contribution in [0.3, 0.4) is 0 Å². The molecule has 4 N–H and O–H groups in total. The minimum atomic E-state index is -4.75. The zero-order valence-corrected chi connectivity index (χ0v) is 55.7. The molecule has 4 rings (SSSR count). The summed E-state index contributed by atoms with van der Waals surface area (Å²) in [4.78, 5) is 167. The van der Waals surface area contributed by atoms with Crippen molar-refractivity contribution in [3.05, 3.63) is 34.3 Å². The molecule has 2 saturated heterocycles. The number of benzene rings is 1. The van der Waals surface area contributed by atoms with E-state index in [-0.39, 0.29) is 63.3 Å². The van der Waals surface area contributed by atoms with Crippen molar-refractivity contribution in [2.45, 2.75) is 206 Å². The zero-order chi connectivity index (χ0) is 67.2. The highest BCUT2D eigenvalue weighted by Gasteiger charge is 2.46. The van der Waals surface area contributed by atoms with Crippen LogP contribution in [0.25, 0.3) is 0 Å². The highest BCUT2D eigenvalue weighted by atomic mass is 35.5. The van der Waals surface area contributed by atoms with Crippen molar-refractivity contribution >= 4 is 76.6 Å². The Hall–Kier alpha value is -6.53. The number of aryl methyl sites for hydroxylation is 1. The Balaban J connectivity index is 1.80. The van der Waals surface area contributed by atoms with Crippen LogP contribution < -0.4 is 21.3 Å². The van der Waals surface area contributed by atoms with Crippen LogP contribution in [-0.4, -0.2) is 216 Å². The number of rotatable bonds is 11. The second kappa shape index (κ2) is 33.0. The number of halogens is 4. The van der Waals surface area contributed by atoms with Crippen LogP contribution in [0.1, 0.15) is 157 Å². The van der Waals surface area contributed by atoms with Crippen molar-refractivity contribution in [1.29, 1.82) is 0 Å². The number of fused-ring (bicyclic) bond motifs is 1. The third kappa shape index (κ3) is 20.2. The smallest absolute Gasteiger partial charge is 0.351 e. The fourth-order valence-corrected chi connectivity index (χ4v) is 12.4. The van der Waals surface area contributed by atoms with Gasteiger partial charge in [0.25, 0.3) is 0 Å². The summed E-state index contributed by atoms with van der Waals surface area (Å²) in [7, 11) is 8.47. The highest BCUT2D eigenvalue weighted by Crippen LogP contribution is 2.36. The van der Waals surface area contributed by atoms with E-state index in [1.54, 1.807) is 34.6 Å². The molecular formula is C63H99ClF3N11O11. The van der Waals surface area contributed by atoms with E-state index in [1.165, 1.54) is 74.9 Å². The molecule has 2 heterocycles. The van der Waals surface area contributed by atoms with Crippen molar-refractivity contribution in [2.24, 2.45) is 23.7 Å². The molecule has 1 saturated carbocycles. The third-order valence-electron chi connectivity index (χ3n) is 18.0. The first kappa shape index (κ1) is 74.9. The van der Waals surface area contributed by atoms with Crippen LogP contribution in [0.15, 0.2) is 18.2 Å². The lowest BCUT2D eigenvalue weighted by molar-refractivity contribution is -0.149. The van der Waals surface area contributed by atoms with E-state index in [2.05, 4.69) is 21.3 Å². The normalized spacial score (nSPS) is 26.8. The summed E-state index contributed by atoms with van der Waals surface area (Å²) >= 11 is 6.09. The van der Waals surface area contributed by atoms with Crippen molar-refractivity contribution in [2.75, 3.05) is 68.5 Å². The van der Waals surface area contributed by atoms with Gasteiger partial charge in [-0.3, -0.25) is 52.7 Å². The Kier molecular flexibility index (Phi) is 27.8. The molecule has 1 aromatic carbocycles. The van der Waals surface area contributed by atoms with Crippen molar-refractivity contribution in [3.63, 3.8) is 0 Å². The fraction of sp³-hybridized carbons (Fsp3) is 0.730. The standard InChI is InChI=1S/C63H99ClF3N11O11/c1-16-39(7)53-60(88)74(12)35-51(81)72(10)36-52(82)76(14)48(33-41-22-19-18-20-23-41)59(87)73(11)34-49(79)69-45(28-26-42-25-27-43(44(64)32-42)63(65,66)67)58(86)78-29-21-24-46(78)56(84)71-62(9,17-2)61(89)77(15)54(38(5)6)57(85)68-40(8)31-50(80)75(13)47(30-37(3)4)55(83)70-53/h25,27,32,37-41,45-48,53-54H,16-24,26,28-31,33-36H2,1-15H3,(H,68,85)(H,69,79)(H,70,83)(H,71,84)/t39-,40+,45-,46-,47-,48-,53-,54-,62+/m0/s1. The minimum Gasteiger partial charge on any atom is -0.351 e. The van der Waals surface area contributed by atoms with Gasteiger partial charge in [-0.15, -0.1) is 0 Å². The molecular weight excluding hydrogens is 1180 g/mol. The van der Waals surface area contributed by atoms with E-state index in [0.717, 1.165) is 58.9 Å². The minimum absolute atomic E-state index is 0.0307. The predicted octanol–water partition coefficient (Wildman–Crippen LogP) is 5.02. The van der Waals surface area contributed by atoms with E-state index in [9.17, 15) is 65.9 Å². The molecule has 1 aliphatic carbocycles. The van der Waals surface area contributed by atoms with Gasteiger partial charge in [-0.25, -0.2) is 0 Å². The maximum absolute atomic E-state index is 14.9. The quantitative estimate of drug-likeness (QED) is 0.229. The van der Waals surface area contributed by atoms with E-state index in [1.807, 2.05) is 20.8 Å². The van der Waals surface area contributed by atoms with E-state index in [0.29, 0.717) is 18.4 Å². The number of likely N-dealkylation sites (N-methyl/N-ethyl adjacent to an activating group) is 6. The summed E-state index contributed by atoms with van der Waals surface area (Å²) in [5.41, 5.74) is -2.42. The van der Waals surface area contributed by atoms with Crippen LogP contribution >= 0.6 is 11.6 Å². The summed E-state index contributed by atoms with van der Waals surface area (Å²) in [6, 6.07) is -4.71. The van der Waals surface area contributed by atoms with E-state index >= 15 is 0 Å². The van der Waals surface area contributed by atoms with Crippen LogP contribution in [0.4, 0.5) is 13.2 Å². The molecule has 0 spiro atoms. The van der Waals surface area contributed by atoms with Gasteiger partial charge in [0.2, 0.25) is 65.0 Å². The summed E-state index contributed by atoms with van der Waals surface area (Å²) in [6.07, 6.45) is 0.468. The Morgan fingerprint density at radius 3 is 1.85 bits per heavy atom. The first-order valence-electron chi connectivity index (χ1n) is 31.4. The summed E-state index contributed by atoms with van der Waals surface area (Å²) in [5.74, 6) is -8.09. The summed E-state index contributed by atoms with van der Waals surface area (Å²) in [6.45, 7) is 14.0. The maximum atomic E-state index is 14.9. The second-order valence-corrected chi connectivity index (χ2v) is 26.4. The number of hydrogen-bond acceptors (Lipinski definition) is 11. The van der Waals surface area contributed by atoms with Gasteiger partial charge in [0.1, 0.15) is 41.8 Å². The van der Waals surface area contributed by atoms with Gasteiger partial charge in [0, 0.05) is 61.3 Å². The molecule has 0 radical (unpaired) electrons. The van der Waals surface area contributed by atoms with Gasteiger partial charge in [-0.05, 0) is 100 Å². The lowest BCUT2D eigenvalue weighted by atomic mass is 9.84. The monoisotopic (exact) mass is 1280 g/mol. The van der Waals surface area contributed by atoms with E-state index < -0.39 is 161 Å². The largest absolute Gasteiger partial charge is 0.417 e. The Labute approximate surface area is 528 Å². The topological polar surface area (TPSA) is 259 Å². The van der Waals surface area contributed by atoms with Crippen LogP contribution in [0.5, 0.6) is 0 Å². The van der Waals surface area contributed by atoms with Crippen molar-refractivity contribution < 1.29 is 65.9 Å². The third-order valence-corrected chi connectivity index (χ3v) is 18.3. The van der Waals surface area contributed by atoms with E-state index in [4.69, 9.17) is 11.6 Å². The number of carbonyl (C=O) groups is 11. The molecule has 0 bridgehead atoms. The molecule has 22 nitrogen and oxygen atoms in total. The molecule has 3 fully saturated rings. The number of nitrogens with zero attached hydrogens (tertiary/aromatic N) is 7. The molecule has 3 aliphatic rings. The molecule has 9 atom stereocenters.